The maximum atomic E-state index is 9.13. The Morgan fingerprint density at radius 2 is 1.89 bits per heavy atom. The SMILES string of the molecule is CC1CCC(N(C)CCC(C#N)NC2CC2)CC1. The van der Waals surface area contributed by atoms with E-state index in [0.29, 0.717) is 6.04 Å². The van der Waals surface area contributed by atoms with Gasteiger partial charge in [0.1, 0.15) is 0 Å². The van der Waals surface area contributed by atoms with Gasteiger partial charge in [-0.05, 0) is 57.9 Å². The Kier molecular flexibility index (Phi) is 5.03. The normalized spacial score (nSPS) is 30.1. The van der Waals surface area contributed by atoms with Crippen molar-refractivity contribution in [1.29, 1.82) is 5.26 Å². The Morgan fingerprint density at radius 3 is 2.44 bits per heavy atom. The summed E-state index contributed by atoms with van der Waals surface area (Å²) in [5.74, 6) is 0.915. The van der Waals surface area contributed by atoms with E-state index in [9.17, 15) is 0 Å². The Bertz CT molecular complexity index is 285. The topological polar surface area (TPSA) is 39.1 Å². The van der Waals surface area contributed by atoms with Gasteiger partial charge >= 0.3 is 0 Å². The number of rotatable bonds is 6. The minimum Gasteiger partial charge on any atom is -0.303 e. The first-order chi connectivity index (χ1) is 8.69. The van der Waals surface area contributed by atoms with Gasteiger partial charge in [0.15, 0.2) is 0 Å². The fourth-order valence-corrected chi connectivity index (χ4v) is 2.92. The average Bonchev–Trinajstić information content (AvgIpc) is 3.18. The number of nitrogens with zero attached hydrogens (tertiary/aromatic N) is 2. The summed E-state index contributed by atoms with van der Waals surface area (Å²) in [5.41, 5.74) is 0. The van der Waals surface area contributed by atoms with Crippen LogP contribution in [0.25, 0.3) is 0 Å². The lowest BCUT2D eigenvalue weighted by molar-refractivity contribution is 0.166. The predicted molar refractivity (Wildman–Crippen MR) is 74.2 cm³/mol. The standard InChI is InChI=1S/C15H27N3/c1-12-3-7-15(8-4-12)18(2)10-9-14(11-16)17-13-5-6-13/h12-15,17H,3-10H2,1-2H3. The van der Waals surface area contributed by atoms with E-state index in [0.717, 1.165) is 24.9 Å². The van der Waals surface area contributed by atoms with Crippen molar-refractivity contribution >= 4 is 0 Å². The van der Waals surface area contributed by atoms with Crippen molar-refractivity contribution in [2.45, 2.75) is 70.0 Å². The van der Waals surface area contributed by atoms with Gasteiger partial charge in [-0.25, -0.2) is 0 Å². The second kappa shape index (κ2) is 6.54. The number of hydrogen-bond acceptors (Lipinski definition) is 3. The molecule has 0 spiro atoms. The molecule has 0 aliphatic heterocycles. The molecule has 2 aliphatic rings. The summed E-state index contributed by atoms with van der Waals surface area (Å²) in [7, 11) is 2.23. The maximum Gasteiger partial charge on any atom is 0.0967 e. The molecule has 0 amide bonds. The van der Waals surface area contributed by atoms with Crippen LogP contribution in [-0.2, 0) is 0 Å². The Labute approximate surface area is 112 Å². The Hall–Kier alpha value is -0.590. The quantitative estimate of drug-likeness (QED) is 0.786. The van der Waals surface area contributed by atoms with Crippen LogP contribution >= 0.6 is 0 Å². The third kappa shape index (κ3) is 4.26. The molecule has 0 radical (unpaired) electrons. The van der Waals surface area contributed by atoms with Gasteiger partial charge in [-0.3, -0.25) is 5.32 Å². The van der Waals surface area contributed by atoms with Crippen LogP contribution in [0.1, 0.15) is 51.9 Å². The van der Waals surface area contributed by atoms with Crippen LogP contribution in [0.15, 0.2) is 0 Å². The molecule has 0 heterocycles. The molecule has 0 aromatic heterocycles. The van der Waals surface area contributed by atoms with E-state index < -0.39 is 0 Å². The van der Waals surface area contributed by atoms with Crippen LogP contribution in [0, 0.1) is 17.2 Å². The molecule has 2 aliphatic carbocycles. The highest BCUT2D eigenvalue weighted by Gasteiger charge is 2.26. The molecule has 0 bridgehead atoms. The van der Waals surface area contributed by atoms with Crippen molar-refractivity contribution in [2.75, 3.05) is 13.6 Å². The minimum absolute atomic E-state index is 0.0578. The first kappa shape index (κ1) is 13.8. The van der Waals surface area contributed by atoms with Gasteiger partial charge in [-0.15, -0.1) is 0 Å². The number of hydrogen-bond donors (Lipinski definition) is 1. The minimum atomic E-state index is 0.0578. The average molecular weight is 249 g/mol. The van der Waals surface area contributed by atoms with Gasteiger partial charge < -0.3 is 4.90 Å². The third-order valence-corrected chi connectivity index (χ3v) is 4.55. The zero-order valence-corrected chi connectivity index (χ0v) is 11.9. The zero-order valence-electron chi connectivity index (χ0n) is 11.9. The second-order valence-electron chi connectivity index (χ2n) is 6.31. The van der Waals surface area contributed by atoms with Crippen molar-refractivity contribution in [3.05, 3.63) is 0 Å². The van der Waals surface area contributed by atoms with E-state index in [1.54, 1.807) is 0 Å². The second-order valence-corrected chi connectivity index (χ2v) is 6.31. The molecule has 1 N–H and O–H groups in total. The first-order valence-electron chi connectivity index (χ1n) is 7.55. The van der Waals surface area contributed by atoms with Crippen LogP contribution in [0.2, 0.25) is 0 Å². The molecule has 0 aromatic rings. The van der Waals surface area contributed by atoms with Crippen LogP contribution in [-0.4, -0.2) is 36.6 Å². The van der Waals surface area contributed by atoms with Crippen molar-refractivity contribution in [3.8, 4) is 6.07 Å². The molecule has 3 nitrogen and oxygen atoms in total. The summed E-state index contributed by atoms with van der Waals surface area (Å²) in [6.45, 7) is 3.42. The van der Waals surface area contributed by atoms with Crippen LogP contribution in [0.5, 0.6) is 0 Å². The molecule has 0 saturated heterocycles. The van der Waals surface area contributed by atoms with Gasteiger partial charge in [-0.2, -0.15) is 5.26 Å². The highest BCUT2D eigenvalue weighted by Crippen LogP contribution is 2.26. The zero-order chi connectivity index (χ0) is 13.0. The van der Waals surface area contributed by atoms with E-state index in [4.69, 9.17) is 5.26 Å². The van der Waals surface area contributed by atoms with Crippen molar-refractivity contribution in [1.82, 2.24) is 10.2 Å². The lowest BCUT2D eigenvalue weighted by Crippen LogP contribution is -2.39. The fraction of sp³-hybridized carbons (Fsp3) is 0.933. The molecule has 2 saturated carbocycles. The fourth-order valence-electron chi connectivity index (χ4n) is 2.92. The van der Waals surface area contributed by atoms with Gasteiger partial charge in [-0.1, -0.05) is 6.92 Å². The summed E-state index contributed by atoms with van der Waals surface area (Å²) in [5, 5.41) is 12.5. The van der Waals surface area contributed by atoms with Crippen molar-refractivity contribution < 1.29 is 0 Å². The molecule has 2 fully saturated rings. The predicted octanol–water partition coefficient (Wildman–Crippen LogP) is 2.53. The van der Waals surface area contributed by atoms with E-state index in [-0.39, 0.29) is 6.04 Å². The molecule has 1 atom stereocenters. The van der Waals surface area contributed by atoms with Gasteiger partial charge in [0.05, 0.1) is 12.1 Å². The smallest absolute Gasteiger partial charge is 0.0967 e. The largest absolute Gasteiger partial charge is 0.303 e. The van der Waals surface area contributed by atoms with Crippen LogP contribution in [0.4, 0.5) is 0 Å². The Balaban J connectivity index is 1.66. The van der Waals surface area contributed by atoms with Gasteiger partial charge in [0.25, 0.3) is 0 Å². The molecule has 3 heteroatoms. The van der Waals surface area contributed by atoms with Crippen LogP contribution < -0.4 is 5.32 Å². The van der Waals surface area contributed by atoms with E-state index in [2.05, 4.69) is 30.3 Å². The van der Waals surface area contributed by atoms with Gasteiger partial charge in [0.2, 0.25) is 0 Å². The number of nitrogens with one attached hydrogen (secondary N) is 1. The summed E-state index contributed by atoms with van der Waals surface area (Å²) < 4.78 is 0. The molecular formula is C15H27N3. The monoisotopic (exact) mass is 249 g/mol. The third-order valence-electron chi connectivity index (χ3n) is 4.55. The highest BCUT2D eigenvalue weighted by atomic mass is 15.1. The van der Waals surface area contributed by atoms with Gasteiger partial charge in [0, 0.05) is 18.6 Å². The molecular weight excluding hydrogens is 222 g/mol. The van der Waals surface area contributed by atoms with E-state index in [1.807, 2.05) is 0 Å². The summed E-state index contributed by atoms with van der Waals surface area (Å²) in [6.07, 6.45) is 8.91. The molecule has 102 valence electrons. The molecule has 2 rings (SSSR count). The summed E-state index contributed by atoms with van der Waals surface area (Å²) in [6, 6.07) is 3.84. The highest BCUT2D eigenvalue weighted by molar-refractivity contribution is 4.96. The van der Waals surface area contributed by atoms with Crippen molar-refractivity contribution in [3.63, 3.8) is 0 Å². The summed E-state index contributed by atoms with van der Waals surface area (Å²) >= 11 is 0. The molecule has 0 aromatic carbocycles. The maximum absolute atomic E-state index is 9.13. The molecule has 1 unspecified atom stereocenters. The van der Waals surface area contributed by atoms with Crippen LogP contribution in [0.3, 0.4) is 0 Å². The first-order valence-corrected chi connectivity index (χ1v) is 7.55. The van der Waals surface area contributed by atoms with E-state index in [1.165, 1.54) is 38.5 Å². The van der Waals surface area contributed by atoms with E-state index >= 15 is 0 Å². The Morgan fingerprint density at radius 1 is 1.22 bits per heavy atom. The lowest BCUT2D eigenvalue weighted by atomic mass is 9.86. The number of nitriles is 1. The lowest BCUT2D eigenvalue weighted by Gasteiger charge is -2.34. The van der Waals surface area contributed by atoms with Crippen molar-refractivity contribution in [2.24, 2.45) is 5.92 Å². The summed E-state index contributed by atoms with van der Waals surface area (Å²) in [4.78, 5) is 2.48. The molecule has 18 heavy (non-hydrogen) atoms.